The van der Waals surface area contributed by atoms with Crippen LogP contribution in [0.2, 0.25) is 0 Å². The molecular weight excluding hydrogens is 261 g/mol. The van der Waals surface area contributed by atoms with Gasteiger partial charge < -0.3 is 15.4 Å². The second-order valence-electron chi connectivity index (χ2n) is 4.57. The molecule has 5 nitrogen and oxygen atoms in total. The zero-order chi connectivity index (χ0) is 14.0. The van der Waals surface area contributed by atoms with Gasteiger partial charge in [-0.1, -0.05) is 0 Å². The third kappa shape index (κ3) is 3.69. The molecule has 2 heterocycles. The van der Waals surface area contributed by atoms with Crippen LogP contribution < -0.4 is 10.5 Å². The van der Waals surface area contributed by atoms with Crippen LogP contribution in [-0.4, -0.2) is 41.1 Å². The highest BCUT2D eigenvalue weighted by Gasteiger charge is 2.34. The van der Waals surface area contributed by atoms with Gasteiger partial charge in [0.05, 0.1) is 0 Å². The van der Waals surface area contributed by atoms with E-state index in [1.165, 1.54) is 0 Å². The summed E-state index contributed by atoms with van der Waals surface area (Å²) in [5, 5.41) is 0. The van der Waals surface area contributed by atoms with Crippen molar-refractivity contribution in [2.24, 2.45) is 0 Å². The molecule has 0 amide bonds. The smallest absolute Gasteiger partial charge is 0.433 e. The van der Waals surface area contributed by atoms with Crippen molar-refractivity contribution < 1.29 is 17.9 Å². The molecule has 0 aliphatic carbocycles. The first-order valence-electron chi connectivity index (χ1n) is 5.91. The number of nitrogen functional groups attached to an aromatic ring is 1. The van der Waals surface area contributed by atoms with Crippen molar-refractivity contribution in [1.29, 1.82) is 0 Å². The number of anilines is 1. The SMILES string of the molecule is CN1CCC(Oc2cc(C(F)(F)F)nc(N)n2)CC1. The fourth-order valence-corrected chi connectivity index (χ4v) is 1.92. The van der Waals surface area contributed by atoms with Crippen molar-refractivity contribution in [3.63, 3.8) is 0 Å². The summed E-state index contributed by atoms with van der Waals surface area (Å²) >= 11 is 0. The Morgan fingerprint density at radius 2 is 1.95 bits per heavy atom. The zero-order valence-electron chi connectivity index (χ0n) is 10.4. The Kier molecular flexibility index (Phi) is 3.79. The first kappa shape index (κ1) is 13.9. The van der Waals surface area contributed by atoms with Gasteiger partial charge in [-0.15, -0.1) is 0 Å². The van der Waals surface area contributed by atoms with E-state index in [4.69, 9.17) is 10.5 Å². The average Bonchev–Trinajstić information content (AvgIpc) is 2.30. The number of alkyl halides is 3. The number of hydrogen-bond acceptors (Lipinski definition) is 5. The van der Waals surface area contributed by atoms with Crippen molar-refractivity contribution in [2.75, 3.05) is 25.9 Å². The van der Waals surface area contributed by atoms with Crippen LogP contribution >= 0.6 is 0 Å². The van der Waals surface area contributed by atoms with Gasteiger partial charge in [0.2, 0.25) is 11.8 Å². The predicted molar refractivity (Wildman–Crippen MR) is 62.6 cm³/mol. The van der Waals surface area contributed by atoms with Gasteiger partial charge in [0, 0.05) is 19.2 Å². The number of piperidine rings is 1. The molecule has 2 N–H and O–H groups in total. The lowest BCUT2D eigenvalue weighted by molar-refractivity contribution is -0.141. The average molecular weight is 276 g/mol. The van der Waals surface area contributed by atoms with Gasteiger partial charge in [-0.05, 0) is 19.9 Å². The van der Waals surface area contributed by atoms with Crippen LogP contribution in [-0.2, 0) is 6.18 Å². The molecule has 0 aromatic carbocycles. The molecule has 1 fully saturated rings. The molecule has 0 bridgehead atoms. The number of nitrogens with two attached hydrogens (primary N) is 1. The number of hydrogen-bond donors (Lipinski definition) is 1. The number of nitrogens with zero attached hydrogens (tertiary/aromatic N) is 3. The standard InChI is InChI=1S/C11H15F3N4O/c1-18-4-2-7(3-5-18)19-9-6-8(11(12,13)14)16-10(15)17-9/h6-7H,2-5H2,1H3,(H2,15,16,17). The Labute approximate surface area is 108 Å². The van der Waals surface area contributed by atoms with Gasteiger partial charge in [-0.25, -0.2) is 4.98 Å². The van der Waals surface area contributed by atoms with Crippen LogP contribution in [0, 0.1) is 0 Å². The van der Waals surface area contributed by atoms with E-state index in [0.29, 0.717) is 0 Å². The Hall–Kier alpha value is -1.57. The topological polar surface area (TPSA) is 64.3 Å². The quantitative estimate of drug-likeness (QED) is 0.888. The molecule has 0 saturated carbocycles. The van der Waals surface area contributed by atoms with Crippen molar-refractivity contribution in [3.05, 3.63) is 11.8 Å². The van der Waals surface area contributed by atoms with Gasteiger partial charge in [0.25, 0.3) is 0 Å². The summed E-state index contributed by atoms with van der Waals surface area (Å²) in [4.78, 5) is 8.99. The van der Waals surface area contributed by atoms with Crippen LogP contribution in [0.25, 0.3) is 0 Å². The molecule has 0 radical (unpaired) electrons. The molecule has 1 aromatic rings. The van der Waals surface area contributed by atoms with Crippen LogP contribution in [0.3, 0.4) is 0 Å². The molecule has 0 unspecified atom stereocenters. The maximum absolute atomic E-state index is 12.6. The van der Waals surface area contributed by atoms with Crippen LogP contribution in [0.5, 0.6) is 5.88 Å². The molecule has 0 atom stereocenters. The van der Waals surface area contributed by atoms with E-state index >= 15 is 0 Å². The summed E-state index contributed by atoms with van der Waals surface area (Å²) in [5.41, 5.74) is 4.19. The molecule has 106 valence electrons. The van der Waals surface area contributed by atoms with Crippen molar-refractivity contribution in [1.82, 2.24) is 14.9 Å². The first-order valence-corrected chi connectivity index (χ1v) is 5.91. The van der Waals surface area contributed by atoms with Gasteiger partial charge in [0.1, 0.15) is 6.10 Å². The molecule has 1 saturated heterocycles. The van der Waals surface area contributed by atoms with Crippen molar-refractivity contribution >= 4 is 5.95 Å². The molecule has 0 spiro atoms. The Balaban J connectivity index is 2.10. The Morgan fingerprint density at radius 1 is 1.32 bits per heavy atom. The molecule has 2 rings (SSSR count). The van der Waals surface area contributed by atoms with Crippen LogP contribution in [0.4, 0.5) is 19.1 Å². The number of rotatable bonds is 2. The third-order valence-corrected chi connectivity index (χ3v) is 2.96. The fraction of sp³-hybridized carbons (Fsp3) is 0.636. The molecule has 1 aliphatic heterocycles. The summed E-state index contributed by atoms with van der Waals surface area (Å²) in [5.74, 6) is -0.549. The lowest BCUT2D eigenvalue weighted by Gasteiger charge is -2.29. The number of halogens is 3. The van der Waals surface area contributed by atoms with E-state index in [1.807, 2.05) is 7.05 Å². The highest BCUT2D eigenvalue weighted by Crippen LogP contribution is 2.30. The lowest BCUT2D eigenvalue weighted by Crippen LogP contribution is -2.35. The van der Waals surface area contributed by atoms with Gasteiger partial charge in [-0.3, -0.25) is 0 Å². The molecule has 1 aliphatic rings. The lowest BCUT2D eigenvalue weighted by atomic mass is 10.1. The Bertz CT molecular complexity index is 444. The third-order valence-electron chi connectivity index (χ3n) is 2.96. The summed E-state index contributed by atoms with van der Waals surface area (Å²) in [6.45, 7) is 1.69. The fourth-order valence-electron chi connectivity index (χ4n) is 1.92. The van der Waals surface area contributed by atoms with E-state index < -0.39 is 17.8 Å². The molecule has 1 aromatic heterocycles. The second kappa shape index (κ2) is 5.20. The van der Waals surface area contributed by atoms with Gasteiger partial charge in [-0.2, -0.15) is 18.2 Å². The molecule has 8 heteroatoms. The predicted octanol–water partition coefficient (Wildman–Crippen LogP) is 1.55. The summed E-state index contributed by atoms with van der Waals surface area (Å²) in [7, 11) is 1.99. The van der Waals surface area contributed by atoms with Crippen LogP contribution in [0.15, 0.2) is 6.07 Å². The van der Waals surface area contributed by atoms with Gasteiger partial charge in [0.15, 0.2) is 5.69 Å². The largest absolute Gasteiger partial charge is 0.474 e. The highest BCUT2D eigenvalue weighted by atomic mass is 19.4. The first-order chi connectivity index (χ1) is 8.84. The van der Waals surface area contributed by atoms with E-state index in [0.717, 1.165) is 32.0 Å². The van der Waals surface area contributed by atoms with E-state index in [-0.39, 0.29) is 12.0 Å². The minimum absolute atomic E-state index is 0.116. The normalized spacial score (nSPS) is 18.5. The number of likely N-dealkylation sites (tertiary alicyclic amines) is 1. The van der Waals surface area contributed by atoms with Crippen molar-refractivity contribution in [3.8, 4) is 5.88 Å². The maximum Gasteiger partial charge on any atom is 0.433 e. The number of aromatic nitrogens is 2. The molecule has 19 heavy (non-hydrogen) atoms. The monoisotopic (exact) mass is 276 g/mol. The van der Waals surface area contributed by atoms with Crippen molar-refractivity contribution in [2.45, 2.75) is 25.1 Å². The molecular formula is C11H15F3N4O. The highest BCUT2D eigenvalue weighted by molar-refractivity contribution is 5.27. The summed E-state index contributed by atoms with van der Waals surface area (Å²) in [6.07, 6.45) is -3.18. The summed E-state index contributed by atoms with van der Waals surface area (Å²) < 4.78 is 43.2. The van der Waals surface area contributed by atoms with E-state index in [1.54, 1.807) is 0 Å². The minimum Gasteiger partial charge on any atom is -0.474 e. The van der Waals surface area contributed by atoms with Gasteiger partial charge >= 0.3 is 6.18 Å². The van der Waals surface area contributed by atoms with E-state index in [2.05, 4.69) is 14.9 Å². The number of ether oxygens (including phenoxy) is 1. The minimum atomic E-state index is -4.55. The summed E-state index contributed by atoms with van der Waals surface area (Å²) in [6, 6.07) is 0.786. The Morgan fingerprint density at radius 3 is 2.53 bits per heavy atom. The van der Waals surface area contributed by atoms with E-state index in [9.17, 15) is 13.2 Å². The van der Waals surface area contributed by atoms with Crippen LogP contribution in [0.1, 0.15) is 18.5 Å². The second-order valence-corrected chi connectivity index (χ2v) is 4.57. The zero-order valence-corrected chi connectivity index (χ0v) is 10.4. The maximum atomic E-state index is 12.6.